The summed E-state index contributed by atoms with van der Waals surface area (Å²) in [5, 5.41) is 5.20. The smallest absolute Gasteiger partial charge is 0.182 e. The number of hydrogen-bond acceptors (Lipinski definition) is 3. The second kappa shape index (κ2) is 3.94. The maximum Gasteiger partial charge on any atom is 0.182 e. The van der Waals surface area contributed by atoms with Crippen LogP contribution in [0.2, 0.25) is 0 Å². The summed E-state index contributed by atoms with van der Waals surface area (Å²) in [5.74, 6) is -1.71. The normalized spacial score (nSPS) is 10.3. The lowest BCUT2D eigenvalue weighted by Crippen LogP contribution is -1.90. The zero-order valence-corrected chi connectivity index (χ0v) is 8.74. The number of nitrogens with one attached hydrogen (secondary N) is 1. The van der Waals surface area contributed by atoms with Crippen molar-refractivity contribution >= 4 is 16.5 Å². The van der Waals surface area contributed by atoms with Gasteiger partial charge in [0.05, 0.1) is 5.69 Å². The van der Waals surface area contributed by atoms with Gasteiger partial charge in [-0.05, 0) is 12.1 Å². The van der Waals surface area contributed by atoms with Gasteiger partial charge in [-0.2, -0.15) is 0 Å². The van der Waals surface area contributed by atoms with Gasteiger partial charge in [0.15, 0.2) is 16.8 Å². The number of nitrogens with zero attached hydrogens (tertiary/aromatic N) is 1. The monoisotopic (exact) mass is 226 g/mol. The molecular formula is C10H8F2N2S. The van der Waals surface area contributed by atoms with E-state index in [1.165, 1.54) is 23.5 Å². The molecule has 0 saturated heterocycles. The average molecular weight is 226 g/mol. The highest BCUT2D eigenvalue weighted by atomic mass is 32.1. The Bertz CT molecular complexity index is 482. The van der Waals surface area contributed by atoms with E-state index in [4.69, 9.17) is 0 Å². The Kier molecular flexibility index (Phi) is 2.64. The number of anilines is 1. The van der Waals surface area contributed by atoms with Crippen molar-refractivity contribution in [2.75, 3.05) is 12.4 Å². The minimum atomic E-state index is -0.856. The van der Waals surface area contributed by atoms with E-state index in [1.54, 1.807) is 12.4 Å². The molecule has 0 aliphatic heterocycles. The first-order chi connectivity index (χ1) is 7.22. The molecule has 0 saturated carbocycles. The highest BCUT2D eigenvalue weighted by Crippen LogP contribution is 2.27. The quantitative estimate of drug-likeness (QED) is 0.851. The minimum Gasteiger partial charge on any atom is -0.365 e. The van der Waals surface area contributed by atoms with Crippen LogP contribution in [0.1, 0.15) is 0 Å². The Morgan fingerprint density at radius 2 is 2.13 bits per heavy atom. The van der Waals surface area contributed by atoms with Gasteiger partial charge in [0.1, 0.15) is 0 Å². The van der Waals surface area contributed by atoms with E-state index in [2.05, 4.69) is 10.3 Å². The molecule has 1 heterocycles. The Balaban J connectivity index is 2.49. The summed E-state index contributed by atoms with van der Waals surface area (Å²) in [4.78, 5) is 4.10. The molecule has 1 aromatic carbocycles. The lowest BCUT2D eigenvalue weighted by molar-refractivity contribution is 0.511. The maximum absolute atomic E-state index is 13.4. The summed E-state index contributed by atoms with van der Waals surface area (Å²) < 4.78 is 26.3. The largest absolute Gasteiger partial charge is 0.365 e. The van der Waals surface area contributed by atoms with Crippen molar-refractivity contribution < 1.29 is 8.78 Å². The molecule has 0 aliphatic carbocycles. The van der Waals surface area contributed by atoms with Crippen molar-refractivity contribution in [2.24, 2.45) is 0 Å². The standard InChI is InChI=1S/C10H8F2N2S/c1-13-10-14-8(5-15-10)6-3-2-4-7(11)9(6)12/h2-5H,1H3,(H,13,14). The summed E-state index contributed by atoms with van der Waals surface area (Å²) in [6, 6.07) is 4.06. The Labute approximate surface area is 89.6 Å². The lowest BCUT2D eigenvalue weighted by atomic mass is 10.1. The highest BCUT2D eigenvalue weighted by molar-refractivity contribution is 7.14. The van der Waals surface area contributed by atoms with Crippen molar-refractivity contribution in [3.05, 3.63) is 35.2 Å². The molecule has 1 aromatic heterocycles. The molecule has 5 heteroatoms. The van der Waals surface area contributed by atoms with Crippen LogP contribution in [0.15, 0.2) is 23.6 Å². The van der Waals surface area contributed by atoms with Crippen molar-refractivity contribution in [3.8, 4) is 11.3 Å². The first-order valence-electron chi connectivity index (χ1n) is 4.30. The van der Waals surface area contributed by atoms with Gasteiger partial charge in [-0.25, -0.2) is 13.8 Å². The Morgan fingerprint density at radius 3 is 2.80 bits per heavy atom. The van der Waals surface area contributed by atoms with Gasteiger partial charge < -0.3 is 5.32 Å². The fourth-order valence-electron chi connectivity index (χ4n) is 1.21. The van der Waals surface area contributed by atoms with Gasteiger partial charge in [0.25, 0.3) is 0 Å². The van der Waals surface area contributed by atoms with Gasteiger partial charge in [0.2, 0.25) is 0 Å². The molecule has 0 spiro atoms. The van der Waals surface area contributed by atoms with E-state index in [9.17, 15) is 8.78 Å². The third kappa shape index (κ3) is 1.83. The van der Waals surface area contributed by atoms with E-state index < -0.39 is 11.6 Å². The molecule has 0 radical (unpaired) electrons. The molecule has 78 valence electrons. The Morgan fingerprint density at radius 1 is 1.33 bits per heavy atom. The molecule has 0 amide bonds. The number of aromatic nitrogens is 1. The summed E-state index contributed by atoms with van der Waals surface area (Å²) in [7, 11) is 1.73. The fraction of sp³-hybridized carbons (Fsp3) is 0.100. The van der Waals surface area contributed by atoms with Crippen molar-refractivity contribution in [1.29, 1.82) is 0 Å². The average Bonchev–Trinajstić information content (AvgIpc) is 2.70. The molecule has 2 aromatic rings. The summed E-state index contributed by atoms with van der Waals surface area (Å²) in [5.41, 5.74) is 0.633. The van der Waals surface area contributed by atoms with Crippen molar-refractivity contribution in [1.82, 2.24) is 4.98 Å². The van der Waals surface area contributed by atoms with Gasteiger partial charge in [0, 0.05) is 18.0 Å². The van der Waals surface area contributed by atoms with Crippen LogP contribution in [-0.2, 0) is 0 Å². The molecule has 15 heavy (non-hydrogen) atoms. The summed E-state index contributed by atoms with van der Waals surface area (Å²) in [6.07, 6.45) is 0. The van der Waals surface area contributed by atoms with E-state index in [-0.39, 0.29) is 5.56 Å². The topological polar surface area (TPSA) is 24.9 Å². The summed E-state index contributed by atoms with van der Waals surface area (Å²) in [6.45, 7) is 0. The van der Waals surface area contributed by atoms with Crippen LogP contribution in [0.25, 0.3) is 11.3 Å². The van der Waals surface area contributed by atoms with Crippen molar-refractivity contribution in [3.63, 3.8) is 0 Å². The highest BCUT2D eigenvalue weighted by Gasteiger charge is 2.12. The summed E-state index contributed by atoms with van der Waals surface area (Å²) >= 11 is 1.35. The van der Waals surface area contributed by atoms with Gasteiger partial charge in [-0.1, -0.05) is 6.07 Å². The number of rotatable bonds is 2. The molecule has 0 fully saturated rings. The van der Waals surface area contributed by atoms with E-state index >= 15 is 0 Å². The van der Waals surface area contributed by atoms with E-state index in [0.717, 1.165) is 6.07 Å². The molecule has 0 aliphatic rings. The van der Waals surface area contributed by atoms with Crippen LogP contribution >= 0.6 is 11.3 Å². The number of hydrogen-bond donors (Lipinski definition) is 1. The SMILES string of the molecule is CNc1nc(-c2cccc(F)c2F)cs1. The maximum atomic E-state index is 13.4. The van der Waals surface area contributed by atoms with E-state index in [1.807, 2.05) is 0 Å². The number of halogens is 2. The van der Waals surface area contributed by atoms with Crippen molar-refractivity contribution in [2.45, 2.75) is 0 Å². The molecule has 1 N–H and O–H groups in total. The van der Waals surface area contributed by atoms with Gasteiger partial charge in [-0.3, -0.25) is 0 Å². The molecule has 2 rings (SSSR count). The molecule has 0 unspecified atom stereocenters. The second-order valence-corrected chi connectivity index (χ2v) is 3.75. The van der Waals surface area contributed by atoms with Crippen LogP contribution in [0.4, 0.5) is 13.9 Å². The molecule has 0 bridgehead atoms. The zero-order valence-electron chi connectivity index (χ0n) is 7.92. The number of benzene rings is 1. The first kappa shape index (κ1) is 10.0. The fourth-order valence-corrected chi connectivity index (χ4v) is 1.89. The number of thiazole rings is 1. The predicted molar refractivity (Wildman–Crippen MR) is 57.0 cm³/mol. The van der Waals surface area contributed by atoms with Crippen LogP contribution in [0, 0.1) is 11.6 Å². The van der Waals surface area contributed by atoms with Crippen LogP contribution in [-0.4, -0.2) is 12.0 Å². The third-order valence-electron chi connectivity index (χ3n) is 1.95. The van der Waals surface area contributed by atoms with Crippen LogP contribution in [0.5, 0.6) is 0 Å². The molecule has 2 nitrogen and oxygen atoms in total. The Hall–Kier alpha value is -1.49. The predicted octanol–water partition coefficient (Wildman–Crippen LogP) is 3.13. The van der Waals surface area contributed by atoms with Gasteiger partial charge in [-0.15, -0.1) is 11.3 Å². The van der Waals surface area contributed by atoms with Gasteiger partial charge >= 0.3 is 0 Å². The van der Waals surface area contributed by atoms with Crippen LogP contribution < -0.4 is 5.32 Å². The zero-order chi connectivity index (χ0) is 10.8. The minimum absolute atomic E-state index is 0.188. The van der Waals surface area contributed by atoms with E-state index in [0.29, 0.717) is 10.8 Å². The second-order valence-electron chi connectivity index (χ2n) is 2.89. The molecular weight excluding hydrogens is 218 g/mol. The molecule has 0 atom stereocenters. The first-order valence-corrected chi connectivity index (χ1v) is 5.18. The lowest BCUT2D eigenvalue weighted by Gasteiger charge is -1.99. The van der Waals surface area contributed by atoms with Crippen LogP contribution in [0.3, 0.4) is 0 Å². The third-order valence-corrected chi connectivity index (χ3v) is 2.81.